The lowest BCUT2D eigenvalue weighted by atomic mass is 10.0. The Balaban J connectivity index is 2.95. The number of carboxylic acids is 1. The highest BCUT2D eigenvalue weighted by atomic mass is 19.1. The molecular formula is C10H10F2O3. The standard InChI is InChI=1S/C10H10F2O3/c1-5(10(14)15)2-6-3-9(13)8(12)4-7(6)11/h3-5,13H,2H2,1H3,(H,14,15). The van der Waals surface area contributed by atoms with Crippen LogP contribution >= 0.6 is 0 Å². The van der Waals surface area contributed by atoms with Crippen LogP contribution in [0.25, 0.3) is 0 Å². The molecule has 0 aliphatic carbocycles. The molecule has 1 rings (SSSR count). The van der Waals surface area contributed by atoms with E-state index in [4.69, 9.17) is 10.2 Å². The predicted molar refractivity (Wildman–Crippen MR) is 48.5 cm³/mol. The van der Waals surface area contributed by atoms with Gasteiger partial charge in [-0.05, 0) is 18.1 Å². The van der Waals surface area contributed by atoms with Crippen LogP contribution in [0.15, 0.2) is 12.1 Å². The zero-order valence-corrected chi connectivity index (χ0v) is 8.00. The molecule has 82 valence electrons. The number of rotatable bonds is 3. The molecule has 0 saturated heterocycles. The quantitative estimate of drug-likeness (QED) is 0.811. The van der Waals surface area contributed by atoms with Crippen molar-refractivity contribution in [2.75, 3.05) is 0 Å². The van der Waals surface area contributed by atoms with E-state index in [0.717, 1.165) is 6.07 Å². The SMILES string of the molecule is CC(Cc1cc(O)c(F)cc1F)C(=O)O. The second-order valence-corrected chi connectivity index (χ2v) is 3.34. The first-order chi connectivity index (χ1) is 6.91. The molecule has 0 saturated carbocycles. The molecule has 0 heterocycles. The van der Waals surface area contributed by atoms with Gasteiger partial charge in [0.15, 0.2) is 11.6 Å². The van der Waals surface area contributed by atoms with Gasteiger partial charge in [0, 0.05) is 6.07 Å². The van der Waals surface area contributed by atoms with Crippen LogP contribution in [0.1, 0.15) is 12.5 Å². The van der Waals surface area contributed by atoms with Crippen LogP contribution in [0, 0.1) is 17.6 Å². The number of aliphatic carboxylic acids is 1. The normalized spacial score (nSPS) is 12.5. The van der Waals surface area contributed by atoms with E-state index < -0.39 is 29.3 Å². The Bertz CT molecular complexity index is 390. The summed E-state index contributed by atoms with van der Waals surface area (Å²) in [6, 6.07) is 1.45. The molecule has 0 amide bonds. The smallest absolute Gasteiger partial charge is 0.306 e. The van der Waals surface area contributed by atoms with Gasteiger partial charge in [0.25, 0.3) is 0 Å². The van der Waals surface area contributed by atoms with Crippen molar-refractivity contribution in [1.82, 2.24) is 0 Å². The second-order valence-electron chi connectivity index (χ2n) is 3.34. The maximum atomic E-state index is 13.1. The lowest BCUT2D eigenvalue weighted by Crippen LogP contribution is -2.13. The largest absolute Gasteiger partial charge is 0.505 e. The molecule has 1 aromatic rings. The average Bonchev–Trinajstić information content (AvgIpc) is 2.13. The predicted octanol–water partition coefficient (Wildman–Crippen LogP) is 1.93. The molecule has 0 aliphatic rings. The number of phenols is 1. The maximum absolute atomic E-state index is 13.1. The van der Waals surface area contributed by atoms with Crippen molar-refractivity contribution in [3.05, 3.63) is 29.3 Å². The zero-order chi connectivity index (χ0) is 11.6. The van der Waals surface area contributed by atoms with Crippen LogP contribution < -0.4 is 0 Å². The molecule has 0 bridgehead atoms. The maximum Gasteiger partial charge on any atom is 0.306 e. The molecule has 2 N–H and O–H groups in total. The highest BCUT2D eigenvalue weighted by Crippen LogP contribution is 2.22. The van der Waals surface area contributed by atoms with Crippen molar-refractivity contribution >= 4 is 5.97 Å². The Hall–Kier alpha value is -1.65. The van der Waals surface area contributed by atoms with Gasteiger partial charge in [-0.3, -0.25) is 4.79 Å². The van der Waals surface area contributed by atoms with Crippen molar-refractivity contribution in [3.63, 3.8) is 0 Å². The fraction of sp³-hybridized carbons (Fsp3) is 0.300. The van der Waals surface area contributed by atoms with E-state index >= 15 is 0 Å². The lowest BCUT2D eigenvalue weighted by molar-refractivity contribution is -0.141. The van der Waals surface area contributed by atoms with Crippen molar-refractivity contribution < 1.29 is 23.8 Å². The number of carboxylic acid groups (broad SMARTS) is 1. The molecule has 5 heteroatoms. The number of phenolic OH excluding ortho intramolecular Hbond substituents is 1. The monoisotopic (exact) mass is 216 g/mol. The van der Waals surface area contributed by atoms with Gasteiger partial charge in [-0.2, -0.15) is 0 Å². The van der Waals surface area contributed by atoms with Gasteiger partial charge in [-0.15, -0.1) is 0 Å². The first-order valence-corrected chi connectivity index (χ1v) is 4.31. The van der Waals surface area contributed by atoms with E-state index in [1.165, 1.54) is 6.92 Å². The van der Waals surface area contributed by atoms with Gasteiger partial charge in [0.05, 0.1) is 5.92 Å². The molecule has 1 aromatic carbocycles. The van der Waals surface area contributed by atoms with Crippen LogP contribution in [-0.4, -0.2) is 16.2 Å². The molecular weight excluding hydrogens is 206 g/mol. The summed E-state index contributed by atoms with van der Waals surface area (Å²) >= 11 is 0. The Kier molecular flexibility index (Phi) is 3.24. The Labute approximate surface area is 85.0 Å². The van der Waals surface area contributed by atoms with Crippen LogP contribution in [0.3, 0.4) is 0 Å². The van der Waals surface area contributed by atoms with Crippen molar-refractivity contribution in [2.24, 2.45) is 5.92 Å². The van der Waals surface area contributed by atoms with Crippen LogP contribution in [-0.2, 0) is 11.2 Å². The summed E-state index contributed by atoms with van der Waals surface area (Å²) in [6.45, 7) is 1.40. The third-order valence-corrected chi connectivity index (χ3v) is 2.06. The van der Waals surface area contributed by atoms with Gasteiger partial charge in [-0.1, -0.05) is 6.92 Å². The molecule has 0 spiro atoms. The molecule has 0 radical (unpaired) electrons. The minimum Gasteiger partial charge on any atom is -0.505 e. The highest BCUT2D eigenvalue weighted by Gasteiger charge is 2.16. The number of hydrogen-bond acceptors (Lipinski definition) is 2. The Morgan fingerprint density at radius 2 is 2.00 bits per heavy atom. The van der Waals surface area contributed by atoms with Crippen LogP contribution in [0.4, 0.5) is 8.78 Å². The van der Waals surface area contributed by atoms with E-state index in [0.29, 0.717) is 6.07 Å². The molecule has 0 aromatic heterocycles. The third-order valence-electron chi connectivity index (χ3n) is 2.06. The van der Waals surface area contributed by atoms with E-state index in [9.17, 15) is 13.6 Å². The van der Waals surface area contributed by atoms with E-state index in [2.05, 4.69) is 0 Å². The average molecular weight is 216 g/mol. The number of hydrogen-bond donors (Lipinski definition) is 2. The zero-order valence-electron chi connectivity index (χ0n) is 8.00. The summed E-state index contributed by atoms with van der Waals surface area (Å²) < 4.78 is 25.8. The van der Waals surface area contributed by atoms with Crippen molar-refractivity contribution in [2.45, 2.75) is 13.3 Å². The number of carbonyl (C=O) groups is 1. The van der Waals surface area contributed by atoms with Crippen LogP contribution in [0.5, 0.6) is 5.75 Å². The van der Waals surface area contributed by atoms with Gasteiger partial charge in [-0.25, -0.2) is 8.78 Å². The fourth-order valence-electron chi connectivity index (χ4n) is 1.15. The summed E-state index contributed by atoms with van der Waals surface area (Å²) in [4.78, 5) is 10.5. The molecule has 0 aliphatic heterocycles. The topological polar surface area (TPSA) is 57.5 Å². The lowest BCUT2D eigenvalue weighted by Gasteiger charge is -2.08. The van der Waals surface area contributed by atoms with Gasteiger partial charge in [0.2, 0.25) is 0 Å². The molecule has 0 fully saturated rings. The number of aromatic hydroxyl groups is 1. The molecule has 15 heavy (non-hydrogen) atoms. The third kappa shape index (κ3) is 2.65. The summed E-state index contributed by atoms with van der Waals surface area (Å²) in [7, 11) is 0. The fourth-order valence-corrected chi connectivity index (χ4v) is 1.15. The minimum absolute atomic E-state index is 0.0104. The van der Waals surface area contributed by atoms with Gasteiger partial charge < -0.3 is 10.2 Å². The molecule has 3 nitrogen and oxygen atoms in total. The Morgan fingerprint density at radius 3 is 2.53 bits per heavy atom. The van der Waals surface area contributed by atoms with E-state index in [-0.39, 0.29) is 12.0 Å². The number of benzene rings is 1. The summed E-state index contributed by atoms with van der Waals surface area (Å²) in [6.07, 6.45) is -0.0883. The summed E-state index contributed by atoms with van der Waals surface area (Å²) in [5.74, 6) is -4.44. The second kappa shape index (κ2) is 4.25. The minimum atomic E-state index is -1.07. The summed E-state index contributed by atoms with van der Waals surface area (Å²) in [5.41, 5.74) is -0.0104. The van der Waals surface area contributed by atoms with Crippen molar-refractivity contribution in [3.8, 4) is 5.75 Å². The first kappa shape index (κ1) is 11.4. The van der Waals surface area contributed by atoms with Gasteiger partial charge >= 0.3 is 5.97 Å². The highest BCUT2D eigenvalue weighted by molar-refractivity contribution is 5.69. The first-order valence-electron chi connectivity index (χ1n) is 4.31. The van der Waals surface area contributed by atoms with Crippen LogP contribution in [0.2, 0.25) is 0 Å². The Morgan fingerprint density at radius 1 is 1.40 bits per heavy atom. The van der Waals surface area contributed by atoms with Crippen molar-refractivity contribution in [1.29, 1.82) is 0 Å². The van der Waals surface area contributed by atoms with Gasteiger partial charge in [0.1, 0.15) is 5.82 Å². The molecule has 1 unspecified atom stereocenters. The molecule has 1 atom stereocenters. The summed E-state index contributed by atoms with van der Waals surface area (Å²) in [5, 5.41) is 17.6. The van der Waals surface area contributed by atoms with E-state index in [1.54, 1.807) is 0 Å². The van der Waals surface area contributed by atoms with E-state index in [1.807, 2.05) is 0 Å². The number of halogens is 2.